The first-order valence-corrected chi connectivity index (χ1v) is 9.09. The van der Waals surface area contributed by atoms with Gasteiger partial charge in [-0.1, -0.05) is 23.2 Å². The highest BCUT2D eigenvalue weighted by Gasteiger charge is 2.36. The van der Waals surface area contributed by atoms with Crippen molar-refractivity contribution in [1.29, 1.82) is 0 Å². The molecule has 1 aromatic rings. The molecular formula is C16H16Cl2N2O5S. The van der Waals surface area contributed by atoms with Gasteiger partial charge in [0.2, 0.25) is 5.91 Å². The van der Waals surface area contributed by atoms with Gasteiger partial charge in [0.05, 0.1) is 15.0 Å². The third-order valence-corrected chi connectivity index (χ3v) is 4.84. The number of hydrogen-bond acceptors (Lipinski definition) is 6. The number of rotatable bonds is 7. The molecular weight excluding hydrogens is 403 g/mol. The second-order valence-corrected chi connectivity index (χ2v) is 7.10. The second kappa shape index (κ2) is 9.27. The molecule has 3 amide bonds. The molecule has 1 heterocycles. The Balaban J connectivity index is 2.05. The number of carbonyl (C=O) groups excluding carboxylic acids is 3. The molecule has 1 fully saturated rings. The van der Waals surface area contributed by atoms with Crippen LogP contribution in [0.3, 0.4) is 0 Å². The Morgan fingerprint density at radius 1 is 1.35 bits per heavy atom. The van der Waals surface area contributed by atoms with Gasteiger partial charge >= 0.3 is 0 Å². The number of phenolic OH excluding ortho intramolecular Hbond substituents is 1. The summed E-state index contributed by atoms with van der Waals surface area (Å²) in [5, 5.41) is 11.7. The topological polar surface area (TPSA) is 95.9 Å². The number of phenols is 1. The van der Waals surface area contributed by atoms with Crippen LogP contribution < -0.4 is 5.32 Å². The number of halogens is 2. The van der Waals surface area contributed by atoms with Crippen LogP contribution in [0.5, 0.6) is 5.75 Å². The first-order valence-electron chi connectivity index (χ1n) is 7.52. The number of benzene rings is 1. The van der Waals surface area contributed by atoms with E-state index < -0.39 is 17.1 Å². The predicted molar refractivity (Wildman–Crippen MR) is 100 cm³/mol. The minimum absolute atomic E-state index is 0.0263. The van der Waals surface area contributed by atoms with Gasteiger partial charge in [-0.3, -0.25) is 19.3 Å². The summed E-state index contributed by atoms with van der Waals surface area (Å²) in [6, 6.07) is 2.83. The lowest BCUT2D eigenvalue weighted by atomic mass is 10.2. The van der Waals surface area contributed by atoms with Crippen LogP contribution in [0.2, 0.25) is 10.0 Å². The third-order valence-electron chi connectivity index (χ3n) is 3.36. The Bertz CT molecular complexity index is 746. The summed E-state index contributed by atoms with van der Waals surface area (Å²) in [4.78, 5) is 37.3. The second-order valence-electron chi connectivity index (χ2n) is 5.30. The summed E-state index contributed by atoms with van der Waals surface area (Å²) >= 11 is 12.4. The molecule has 1 saturated heterocycles. The Morgan fingerprint density at radius 2 is 2.00 bits per heavy atom. The molecule has 140 valence electrons. The first kappa shape index (κ1) is 20.6. The fourth-order valence-corrected chi connectivity index (χ4v) is 3.44. The smallest absolute Gasteiger partial charge is 0.294 e. The fourth-order valence-electron chi connectivity index (χ4n) is 2.10. The lowest BCUT2D eigenvalue weighted by Crippen LogP contribution is -2.39. The predicted octanol–water partition coefficient (Wildman–Crippen LogP) is 2.89. The van der Waals surface area contributed by atoms with Crippen molar-refractivity contribution < 1.29 is 24.2 Å². The highest BCUT2D eigenvalue weighted by Crippen LogP contribution is 2.36. The van der Waals surface area contributed by atoms with Crippen molar-refractivity contribution in [2.24, 2.45) is 0 Å². The van der Waals surface area contributed by atoms with E-state index in [0.29, 0.717) is 36.9 Å². The minimum atomic E-state index is -0.577. The van der Waals surface area contributed by atoms with Crippen LogP contribution in [0.15, 0.2) is 17.0 Å². The first-order chi connectivity index (χ1) is 12.3. The molecule has 10 heteroatoms. The van der Waals surface area contributed by atoms with Gasteiger partial charge in [0.25, 0.3) is 11.1 Å². The molecule has 2 N–H and O–H groups in total. The summed E-state index contributed by atoms with van der Waals surface area (Å²) in [6.07, 6.45) is 2.06. The molecule has 2 rings (SSSR count). The van der Waals surface area contributed by atoms with Gasteiger partial charge in [-0.25, -0.2) is 0 Å². The normalized spacial score (nSPS) is 15.8. The average molecular weight is 419 g/mol. The van der Waals surface area contributed by atoms with Crippen LogP contribution >= 0.6 is 35.0 Å². The molecule has 0 atom stereocenters. The number of nitrogens with zero attached hydrogens (tertiary/aromatic N) is 1. The molecule has 0 saturated carbocycles. The SMILES string of the molecule is COCCCNC(=O)CN1C(=O)S/C(=C\c2cc(Cl)c(O)c(Cl)c2)C1=O. The highest BCUT2D eigenvalue weighted by molar-refractivity contribution is 8.18. The van der Waals surface area contributed by atoms with E-state index in [0.717, 1.165) is 4.90 Å². The van der Waals surface area contributed by atoms with Crippen molar-refractivity contribution in [1.82, 2.24) is 10.2 Å². The van der Waals surface area contributed by atoms with Crippen molar-refractivity contribution in [3.05, 3.63) is 32.6 Å². The Hall–Kier alpha value is -1.74. The van der Waals surface area contributed by atoms with Crippen molar-refractivity contribution >= 4 is 58.1 Å². The third kappa shape index (κ3) is 5.14. The summed E-state index contributed by atoms with van der Waals surface area (Å²) in [5.74, 6) is -1.27. The molecule has 0 unspecified atom stereocenters. The molecule has 0 radical (unpaired) electrons. The van der Waals surface area contributed by atoms with Crippen LogP contribution in [0.4, 0.5) is 4.79 Å². The molecule has 26 heavy (non-hydrogen) atoms. The number of methoxy groups -OCH3 is 1. The zero-order valence-electron chi connectivity index (χ0n) is 13.8. The molecule has 0 aromatic heterocycles. The van der Waals surface area contributed by atoms with Crippen LogP contribution in [0, 0.1) is 0 Å². The Kier molecular flexibility index (Phi) is 7.33. The number of hydrogen-bond donors (Lipinski definition) is 2. The molecule has 1 aromatic carbocycles. The average Bonchev–Trinajstić information content (AvgIpc) is 2.84. The number of ether oxygens (including phenoxy) is 1. The maximum absolute atomic E-state index is 12.4. The fraction of sp³-hybridized carbons (Fsp3) is 0.312. The maximum Gasteiger partial charge on any atom is 0.294 e. The van der Waals surface area contributed by atoms with E-state index in [1.807, 2.05) is 0 Å². The number of nitrogens with one attached hydrogen (secondary N) is 1. The number of thioether (sulfide) groups is 1. The number of amides is 3. The largest absolute Gasteiger partial charge is 0.505 e. The van der Waals surface area contributed by atoms with E-state index in [9.17, 15) is 19.5 Å². The van der Waals surface area contributed by atoms with Crippen LogP contribution in [0.25, 0.3) is 6.08 Å². The molecule has 0 bridgehead atoms. The molecule has 0 spiro atoms. The lowest BCUT2D eigenvalue weighted by molar-refractivity contribution is -0.129. The molecule has 0 aliphatic carbocycles. The van der Waals surface area contributed by atoms with Gasteiger partial charge in [0.15, 0.2) is 5.75 Å². The lowest BCUT2D eigenvalue weighted by Gasteiger charge is -2.12. The van der Waals surface area contributed by atoms with Gasteiger partial charge in [0, 0.05) is 20.3 Å². The highest BCUT2D eigenvalue weighted by atomic mass is 35.5. The van der Waals surface area contributed by atoms with E-state index in [1.54, 1.807) is 7.11 Å². The van der Waals surface area contributed by atoms with Crippen LogP contribution in [-0.2, 0) is 14.3 Å². The number of carbonyl (C=O) groups is 3. The summed E-state index contributed by atoms with van der Waals surface area (Å²) in [5.41, 5.74) is 0.451. The monoisotopic (exact) mass is 418 g/mol. The van der Waals surface area contributed by atoms with Crippen LogP contribution in [0.1, 0.15) is 12.0 Å². The van der Waals surface area contributed by atoms with Crippen molar-refractivity contribution in [3.8, 4) is 5.75 Å². The standard InChI is InChI=1S/C16H16Cl2N2O5S/c1-25-4-2-3-19-13(21)8-20-15(23)12(26-16(20)24)7-9-5-10(17)14(22)11(18)6-9/h5-7,22H,2-4,8H2,1H3,(H,19,21)/b12-7-. The van der Waals surface area contributed by atoms with Crippen molar-refractivity contribution in [3.63, 3.8) is 0 Å². The maximum atomic E-state index is 12.4. The quantitative estimate of drug-likeness (QED) is 0.521. The molecule has 1 aliphatic rings. The van der Waals surface area contributed by atoms with E-state index in [4.69, 9.17) is 27.9 Å². The van der Waals surface area contributed by atoms with Gasteiger partial charge in [-0.05, 0) is 42.0 Å². The van der Waals surface area contributed by atoms with Crippen molar-refractivity contribution in [2.45, 2.75) is 6.42 Å². The number of aromatic hydroxyl groups is 1. The number of imide groups is 1. The van der Waals surface area contributed by atoms with Gasteiger partial charge in [-0.2, -0.15) is 0 Å². The zero-order chi connectivity index (χ0) is 19.3. The Morgan fingerprint density at radius 3 is 2.62 bits per heavy atom. The van der Waals surface area contributed by atoms with Crippen molar-refractivity contribution in [2.75, 3.05) is 26.8 Å². The molecule has 1 aliphatic heterocycles. The summed E-state index contributed by atoms with van der Waals surface area (Å²) in [6.45, 7) is 0.539. The van der Waals surface area contributed by atoms with E-state index in [1.165, 1.54) is 18.2 Å². The van der Waals surface area contributed by atoms with Gasteiger partial charge < -0.3 is 15.2 Å². The van der Waals surface area contributed by atoms with E-state index >= 15 is 0 Å². The summed E-state index contributed by atoms with van der Waals surface area (Å²) < 4.78 is 4.87. The van der Waals surface area contributed by atoms with E-state index in [2.05, 4.69) is 5.32 Å². The summed E-state index contributed by atoms with van der Waals surface area (Å²) in [7, 11) is 1.56. The zero-order valence-corrected chi connectivity index (χ0v) is 16.1. The van der Waals surface area contributed by atoms with E-state index in [-0.39, 0.29) is 27.2 Å². The minimum Gasteiger partial charge on any atom is -0.505 e. The van der Waals surface area contributed by atoms with Gasteiger partial charge in [0.1, 0.15) is 6.54 Å². The van der Waals surface area contributed by atoms with Crippen LogP contribution in [-0.4, -0.2) is 53.9 Å². The van der Waals surface area contributed by atoms with Gasteiger partial charge in [-0.15, -0.1) is 0 Å². The Labute approximate surface area is 164 Å². The molecule has 7 nitrogen and oxygen atoms in total.